The van der Waals surface area contributed by atoms with Crippen molar-refractivity contribution >= 4 is 28.6 Å². The van der Waals surface area contributed by atoms with Gasteiger partial charge in [0, 0.05) is 23.2 Å². The number of thiophene rings is 1. The Morgan fingerprint density at radius 2 is 2.08 bits per heavy atom. The Hall–Kier alpha value is -1.99. The van der Waals surface area contributed by atoms with Crippen LogP contribution in [0.5, 0.6) is 0 Å². The summed E-state index contributed by atoms with van der Waals surface area (Å²) in [6, 6.07) is 1.98. The van der Waals surface area contributed by atoms with Gasteiger partial charge in [0.25, 0.3) is 0 Å². The Balaban J connectivity index is 1.74. The van der Waals surface area contributed by atoms with Crippen LogP contribution >= 0.6 is 22.7 Å². The predicted molar refractivity (Wildman–Crippen MR) is 102 cm³/mol. The molecule has 0 aromatic carbocycles. The van der Waals surface area contributed by atoms with Crippen molar-refractivity contribution in [2.75, 3.05) is 0 Å². The molecule has 0 spiro atoms. The van der Waals surface area contributed by atoms with Crippen LogP contribution in [0.15, 0.2) is 22.2 Å². The highest BCUT2D eigenvalue weighted by atomic mass is 32.1. The van der Waals surface area contributed by atoms with E-state index in [1.807, 2.05) is 33.1 Å². The number of hydrogen-bond acceptors (Lipinski definition) is 5. The molecule has 3 heterocycles. The zero-order chi connectivity index (χ0) is 18.0. The second-order valence-electron chi connectivity index (χ2n) is 6.24. The standard InChI is InChI=1S/C18H22N4OS2/c1-11-9-25-18(19-11)16(7-15-5-6-24-10-15)20-17(23)8-22-14(4)12(2)13(3)21-22/h5-6,9-10,16H,7-8H2,1-4H3,(H,20,23)/t16-/m0/s1. The first kappa shape index (κ1) is 17.8. The molecular weight excluding hydrogens is 352 g/mol. The maximum atomic E-state index is 12.6. The van der Waals surface area contributed by atoms with E-state index >= 15 is 0 Å². The van der Waals surface area contributed by atoms with Gasteiger partial charge in [0.05, 0.1) is 11.7 Å². The van der Waals surface area contributed by atoms with Crippen molar-refractivity contribution in [1.82, 2.24) is 20.1 Å². The highest BCUT2D eigenvalue weighted by Crippen LogP contribution is 2.23. The van der Waals surface area contributed by atoms with E-state index < -0.39 is 0 Å². The molecule has 0 radical (unpaired) electrons. The number of aryl methyl sites for hydroxylation is 2. The molecule has 3 rings (SSSR count). The lowest BCUT2D eigenvalue weighted by Crippen LogP contribution is -2.33. The fourth-order valence-electron chi connectivity index (χ4n) is 2.69. The lowest BCUT2D eigenvalue weighted by atomic mass is 10.1. The van der Waals surface area contributed by atoms with Gasteiger partial charge in [0.2, 0.25) is 5.91 Å². The van der Waals surface area contributed by atoms with Crippen LogP contribution in [0.3, 0.4) is 0 Å². The summed E-state index contributed by atoms with van der Waals surface area (Å²) in [5, 5.41) is 14.7. The molecule has 3 aromatic rings. The fraction of sp³-hybridized carbons (Fsp3) is 0.389. The van der Waals surface area contributed by atoms with Crippen LogP contribution in [-0.2, 0) is 17.8 Å². The maximum absolute atomic E-state index is 12.6. The molecule has 132 valence electrons. The molecule has 0 saturated carbocycles. The number of carbonyl (C=O) groups excluding carboxylic acids is 1. The predicted octanol–water partition coefficient (Wildman–Crippen LogP) is 3.73. The van der Waals surface area contributed by atoms with E-state index in [0.29, 0.717) is 0 Å². The van der Waals surface area contributed by atoms with Gasteiger partial charge in [0.15, 0.2) is 0 Å². The molecular formula is C18H22N4OS2. The maximum Gasteiger partial charge on any atom is 0.242 e. The number of carbonyl (C=O) groups is 1. The van der Waals surface area contributed by atoms with Gasteiger partial charge in [0.1, 0.15) is 11.6 Å². The fourth-order valence-corrected chi connectivity index (χ4v) is 4.22. The van der Waals surface area contributed by atoms with Crippen molar-refractivity contribution < 1.29 is 4.79 Å². The molecule has 0 bridgehead atoms. The van der Waals surface area contributed by atoms with Crippen molar-refractivity contribution in [2.24, 2.45) is 0 Å². The molecule has 0 fully saturated rings. The number of nitrogens with one attached hydrogen (secondary N) is 1. The Morgan fingerprint density at radius 3 is 2.64 bits per heavy atom. The number of amides is 1. The monoisotopic (exact) mass is 374 g/mol. The van der Waals surface area contributed by atoms with Gasteiger partial charge in [-0.1, -0.05) is 0 Å². The Kier molecular flexibility index (Phi) is 5.34. The third-order valence-corrected chi connectivity index (χ3v) is 6.13. The number of nitrogens with zero attached hydrogens (tertiary/aromatic N) is 3. The molecule has 1 N–H and O–H groups in total. The van der Waals surface area contributed by atoms with Gasteiger partial charge in [-0.15, -0.1) is 11.3 Å². The molecule has 0 aliphatic heterocycles. The van der Waals surface area contributed by atoms with Crippen molar-refractivity contribution in [1.29, 1.82) is 0 Å². The quantitative estimate of drug-likeness (QED) is 0.715. The van der Waals surface area contributed by atoms with Crippen LogP contribution in [0.2, 0.25) is 0 Å². The zero-order valence-electron chi connectivity index (χ0n) is 14.9. The average Bonchev–Trinajstić information content (AvgIpc) is 3.27. The number of rotatable bonds is 6. The average molecular weight is 375 g/mol. The van der Waals surface area contributed by atoms with Gasteiger partial charge in [-0.25, -0.2) is 4.98 Å². The Bertz CT molecular complexity index is 864. The van der Waals surface area contributed by atoms with Crippen molar-refractivity contribution in [2.45, 2.75) is 46.7 Å². The molecule has 1 atom stereocenters. The van der Waals surface area contributed by atoms with E-state index in [1.54, 1.807) is 27.4 Å². The summed E-state index contributed by atoms with van der Waals surface area (Å²) >= 11 is 3.26. The third kappa shape index (κ3) is 4.16. The highest BCUT2D eigenvalue weighted by Gasteiger charge is 2.20. The first-order chi connectivity index (χ1) is 11.9. The minimum Gasteiger partial charge on any atom is -0.345 e. The summed E-state index contributed by atoms with van der Waals surface area (Å²) in [7, 11) is 0. The third-order valence-electron chi connectivity index (χ3n) is 4.33. The van der Waals surface area contributed by atoms with Gasteiger partial charge >= 0.3 is 0 Å². The number of hydrogen-bond donors (Lipinski definition) is 1. The molecule has 7 heteroatoms. The van der Waals surface area contributed by atoms with Crippen LogP contribution < -0.4 is 5.32 Å². The van der Waals surface area contributed by atoms with Crippen LogP contribution in [-0.4, -0.2) is 20.7 Å². The highest BCUT2D eigenvalue weighted by molar-refractivity contribution is 7.09. The molecule has 25 heavy (non-hydrogen) atoms. The summed E-state index contributed by atoms with van der Waals surface area (Å²) in [6.45, 7) is 8.20. The molecule has 0 aliphatic carbocycles. The molecule has 0 saturated heterocycles. The number of aromatic nitrogens is 3. The van der Waals surface area contributed by atoms with E-state index in [1.165, 1.54) is 5.56 Å². The SMILES string of the molecule is Cc1csc([C@H](Cc2ccsc2)NC(=O)Cn2nc(C)c(C)c2C)n1. The Morgan fingerprint density at radius 1 is 1.28 bits per heavy atom. The summed E-state index contributed by atoms with van der Waals surface area (Å²) in [5.74, 6) is -0.0429. The molecule has 1 amide bonds. The number of thiazole rings is 1. The summed E-state index contributed by atoms with van der Waals surface area (Å²) in [5.41, 5.74) is 5.34. The van der Waals surface area contributed by atoms with Crippen molar-refractivity contribution in [3.63, 3.8) is 0 Å². The van der Waals surface area contributed by atoms with Crippen LogP contribution in [0, 0.1) is 27.7 Å². The zero-order valence-corrected chi connectivity index (χ0v) is 16.5. The smallest absolute Gasteiger partial charge is 0.242 e. The summed E-state index contributed by atoms with van der Waals surface area (Å²) in [4.78, 5) is 17.2. The lowest BCUT2D eigenvalue weighted by Gasteiger charge is -2.16. The largest absolute Gasteiger partial charge is 0.345 e. The first-order valence-electron chi connectivity index (χ1n) is 8.17. The van der Waals surface area contributed by atoms with Crippen LogP contribution in [0.25, 0.3) is 0 Å². The topological polar surface area (TPSA) is 59.8 Å². The van der Waals surface area contributed by atoms with Gasteiger partial charge < -0.3 is 5.32 Å². The van der Waals surface area contributed by atoms with E-state index in [-0.39, 0.29) is 18.5 Å². The Labute approximate surface area is 155 Å². The summed E-state index contributed by atoms with van der Waals surface area (Å²) < 4.78 is 1.77. The molecule has 0 unspecified atom stereocenters. The van der Waals surface area contributed by atoms with E-state index in [0.717, 1.165) is 34.1 Å². The van der Waals surface area contributed by atoms with Crippen LogP contribution in [0.4, 0.5) is 0 Å². The van der Waals surface area contributed by atoms with Gasteiger partial charge in [-0.05, 0) is 55.6 Å². The van der Waals surface area contributed by atoms with Gasteiger partial charge in [-0.3, -0.25) is 9.48 Å². The minimum absolute atomic E-state index is 0.0429. The molecule has 3 aromatic heterocycles. The second kappa shape index (κ2) is 7.49. The second-order valence-corrected chi connectivity index (χ2v) is 7.91. The molecule has 0 aliphatic rings. The first-order valence-corrected chi connectivity index (χ1v) is 9.99. The minimum atomic E-state index is -0.112. The van der Waals surface area contributed by atoms with Crippen LogP contribution in [0.1, 0.15) is 39.3 Å². The van der Waals surface area contributed by atoms with E-state index in [2.05, 4.69) is 32.2 Å². The lowest BCUT2D eigenvalue weighted by molar-refractivity contribution is -0.122. The van der Waals surface area contributed by atoms with Crippen molar-refractivity contribution in [3.8, 4) is 0 Å². The van der Waals surface area contributed by atoms with E-state index in [9.17, 15) is 4.79 Å². The molecule has 5 nitrogen and oxygen atoms in total. The van der Waals surface area contributed by atoms with Gasteiger partial charge in [-0.2, -0.15) is 16.4 Å². The van der Waals surface area contributed by atoms with E-state index in [4.69, 9.17) is 0 Å². The normalized spacial score (nSPS) is 12.3. The van der Waals surface area contributed by atoms with Crippen molar-refractivity contribution in [3.05, 3.63) is 55.4 Å². The summed E-state index contributed by atoms with van der Waals surface area (Å²) in [6.07, 6.45) is 0.748.